The number of rotatable bonds is 4. The molecule has 0 radical (unpaired) electrons. The largest absolute Gasteiger partial charge is 0.339 e. The maximum atomic E-state index is 12.4. The van der Waals surface area contributed by atoms with Crippen molar-refractivity contribution in [2.75, 3.05) is 13.1 Å². The molecule has 0 heterocycles. The van der Waals surface area contributed by atoms with Crippen LogP contribution in [0.15, 0.2) is 40.9 Å². The molecule has 0 saturated heterocycles. The van der Waals surface area contributed by atoms with Crippen molar-refractivity contribution < 1.29 is 4.79 Å². The van der Waals surface area contributed by atoms with Crippen LogP contribution < -0.4 is 0 Å². The average Bonchev–Trinajstić information content (AvgIpc) is 2.43. The summed E-state index contributed by atoms with van der Waals surface area (Å²) in [6, 6.07) is 12.0. The number of amides is 1. The van der Waals surface area contributed by atoms with Crippen LogP contribution in [0, 0.1) is 0 Å². The lowest BCUT2D eigenvalue weighted by molar-refractivity contribution is 0.0764. The molecule has 19 heavy (non-hydrogen) atoms. The van der Waals surface area contributed by atoms with Gasteiger partial charge in [0.15, 0.2) is 0 Å². The molecule has 3 heteroatoms. The molecule has 0 N–H and O–H groups in total. The Balaban J connectivity index is 2.35. The third-order valence-corrected chi connectivity index (χ3v) is 3.70. The van der Waals surface area contributed by atoms with Gasteiger partial charge in [-0.25, -0.2) is 0 Å². The topological polar surface area (TPSA) is 20.3 Å². The van der Waals surface area contributed by atoms with E-state index in [1.165, 1.54) is 0 Å². The molecule has 100 valence electrons. The predicted molar refractivity (Wildman–Crippen MR) is 83.5 cm³/mol. The third kappa shape index (κ3) is 3.16. The summed E-state index contributed by atoms with van der Waals surface area (Å²) in [7, 11) is 0. The molecule has 0 fully saturated rings. The van der Waals surface area contributed by atoms with Gasteiger partial charge in [-0.15, -0.1) is 0 Å². The second-order valence-corrected chi connectivity index (χ2v) is 5.51. The highest BCUT2D eigenvalue weighted by molar-refractivity contribution is 9.10. The van der Waals surface area contributed by atoms with E-state index in [1.54, 1.807) is 0 Å². The van der Waals surface area contributed by atoms with E-state index < -0.39 is 0 Å². The number of carbonyl (C=O) groups is 1. The zero-order valence-corrected chi connectivity index (χ0v) is 12.9. The summed E-state index contributed by atoms with van der Waals surface area (Å²) in [6.45, 7) is 5.68. The molecule has 2 aromatic carbocycles. The minimum Gasteiger partial charge on any atom is -0.339 e. The first kappa shape index (κ1) is 14.1. The smallest absolute Gasteiger partial charge is 0.253 e. The summed E-state index contributed by atoms with van der Waals surface area (Å²) in [6.07, 6.45) is 0.986. The summed E-state index contributed by atoms with van der Waals surface area (Å²) in [5.74, 6) is 0.120. The summed E-state index contributed by atoms with van der Waals surface area (Å²) < 4.78 is 1.06. The van der Waals surface area contributed by atoms with Gasteiger partial charge in [0.05, 0.1) is 0 Å². The van der Waals surface area contributed by atoms with Crippen LogP contribution in [0.25, 0.3) is 10.8 Å². The van der Waals surface area contributed by atoms with Gasteiger partial charge in [-0.05, 0) is 48.4 Å². The highest BCUT2D eigenvalue weighted by Crippen LogP contribution is 2.21. The molecule has 2 nitrogen and oxygen atoms in total. The Morgan fingerprint density at radius 1 is 1.11 bits per heavy atom. The van der Waals surface area contributed by atoms with E-state index in [-0.39, 0.29) is 5.91 Å². The molecular formula is C16H18BrNO. The fraction of sp³-hybridized carbons (Fsp3) is 0.312. The zero-order chi connectivity index (χ0) is 13.8. The Labute approximate surface area is 122 Å². The number of benzene rings is 2. The van der Waals surface area contributed by atoms with Gasteiger partial charge in [0, 0.05) is 23.1 Å². The van der Waals surface area contributed by atoms with Gasteiger partial charge in [0.1, 0.15) is 0 Å². The van der Waals surface area contributed by atoms with Crippen LogP contribution in [0.3, 0.4) is 0 Å². The molecule has 2 rings (SSSR count). The quantitative estimate of drug-likeness (QED) is 0.814. The maximum Gasteiger partial charge on any atom is 0.253 e. The van der Waals surface area contributed by atoms with Crippen LogP contribution in [0.1, 0.15) is 30.6 Å². The first-order valence-electron chi connectivity index (χ1n) is 6.64. The van der Waals surface area contributed by atoms with Gasteiger partial charge in [-0.2, -0.15) is 0 Å². The lowest BCUT2D eigenvalue weighted by atomic mass is 10.1. The van der Waals surface area contributed by atoms with Crippen LogP contribution in [0.4, 0.5) is 0 Å². The van der Waals surface area contributed by atoms with Crippen molar-refractivity contribution in [1.82, 2.24) is 4.90 Å². The van der Waals surface area contributed by atoms with Crippen LogP contribution in [0.5, 0.6) is 0 Å². The SMILES string of the molecule is CCCN(CC)C(=O)c1ccc2cc(Br)ccc2c1. The van der Waals surface area contributed by atoms with Crippen molar-refractivity contribution >= 4 is 32.6 Å². The van der Waals surface area contributed by atoms with Crippen molar-refractivity contribution in [3.63, 3.8) is 0 Å². The Kier molecular flexibility index (Phi) is 4.59. The van der Waals surface area contributed by atoms with Crippen molar-refractivity contribution in [2.24, 2.45) is 0 Å². The van der Waals surface area contributed by atoms with E-state index >= 15 is 0 Å². The van der Waals surface area contributed by atoms with Crippen LogP contribution >= 0.6 is 15.9 Å². The van der Waals surface area contributed by atoms with Crippen molar-refractivity contribution in [1.29, 1.82) is 0 Å². The fourth-order valence-corrected chi connectivity index (χ4v) is 2.58. The molecule has 0 bridgehead atoms. The number of halogens is 1. The lowest BCUT2D eigenvalue weighted by Gasteiger charge is -2.20. The summed E-state index contributed by atoms with van der Waals surface area (Å²) in [5, 5.41) is 2.24. The van der Waals surface area contributed by atoms with Gasteiger partial charge >= 0.3 is 0 Å². The third-order valence-electron chi connectivity index (χ3n) is 3.21. The Bertz CT molecular complexity index is 594. The fourth-order valence-electron chi connectivity index (χ4n) is 2.21. The zero-order valence-electron chi connectivity index (χ0n) is 11.3. The Morgan fingerprint density at radius 2 is 1.79 bits per heavy atom. The summed E-state index contributed by atoms with van der Waals surface area (Å²) >= 11 is 3.46. The molecule has 0 aliphatic rings. The monoisotopic (exact) mass is 319 g/mol. The van der Waals surface area contributed by atoms with E-state index in [1.807, 2.05) is 42.2 Å². The van der Waals surface area contributed by atoms with Crippen LogP contribution in [-0.2, 0) is 0 Å². The van der Waals surface area contributed by atoms with Crippen LogP contribution in [-0.4, -0.2) is 23.9 Å². The molecule has 0 unspecified atom stereocenters. The molecule has 0 spiro atoms. The Hall–Kier alpha value is -1.35. The molecule has 0 aromatic heterocycles. The molecule has 0 aliphatic carbocycles. The normalized spacial score (nSPS) is 10.7. The van der Waals surface area contributed by atoms with Gasteiger partial charge in [-0.3, -0.25) is 4.79 Å². The number of fused-ring (bicyclic) bond motifs is 1. The second-order valence-electron chi connectivity index (χ2n) is 4.59. The molecule has 0 saturated carbocycles. The molecule has 1 amide bonds. The Morgan fingerprint density at radius 3 is 2.47 bits per heavy atom. The first-order chi connectivity index (χ1) is 9.15. The number of nitrogens with zero attached hydrogens (tertiary/aromatic N) is 1. The minimum absolute atomic E-state index is 0.120. The molecular weight excluding hydrogens is 302 g/mol. The summed E-state index contributed by atoms with van der Waals surface area (Å²) in [5.41, 5.74) is 0.769. The number of hydrogen-bond acceptors (Lipinski definition) is 1. The average molecular weight is 320 g/mol. The van der Waals surface area contributed by atoms with Gasteiger partial charge in [0.25, 0.3) is 5.91 Å². The van der Waals surface area contributed by atoms with E-state index in [0.717, 1.165) is 40.3 Å². The van der Waals surface area contributed by atoms with Gasteiger partial charge < -0.3 is 4.90 Å². The highest BCUT2D eigenvalue weighted by atomic mass is 79.9. The predicted octanol–water partition coefficient (Wildman–Crippen LogP) is 4.47. The van der Waals surface area contributed by atoms with Gasteiger partial charge in [-0.1, -0.05) is 35.0 Å². The van der Waals surface area contributed by atoms with E-state index in [0.29, 0.717) is 0 Å². The molecule has 0 atom stereocenters. The number of hydrogen-bond donors (Lipinski definition) is 0. The van der Waals surface area contributed by atoms with Crippen molar-refractivity contribution in [3.8, 4) is 0 Å². The van der Waals surface area contributed by atoms with Gasteiger partial charge in [0.2, 0.25) is 0 Å². The first-order valence-corrected chi connectivity index (χ1v) is 7.43. The highest BCUT2D eigenvalue weighted by Gasteiger charge is 2.13. The summed E-state index contributed by atoms with van der Waals surface area (Å²) in [4.78, 5) is 14.3. The standard InChI is InChI=1S/C16H18BrNO/c1-3-9-18(4-2)16(19)14-6-5-13-11-15(17)8-7-12(13)10-14/h5-8,10-11H,3-4,9H2,1-2H3. The van der Waals surface area contributed by atoms with E-state index in [2.05, 4.69) is 28.9 Å². The molecule has 0 aliphatic heterocycles. The van der Waals surface area contributed by atoms with Crippen LogP contribution in [0.2, 0.25) is 0 Å². The number of carbonyl (C=O) groups excluding carboxylic acids is 1. The van der Waals surface area contributed by atoms with Crippen molar-refractivity contribution in [3.05, 3.63) is 46.4 Å². The van der Waals surface area contributed by atoms with E-state index in [9.17, 15) is 4.79 Å². The van der Waals surface area contributed by atoms with Crippen molar-refractivity contribution in [2.45, 2.75) is 20.3 Å². The lowest BCUT2D eigenvalue weighted by Crippen LogP contribution is -2.31. The second kappa shape index (κ2) is 6.20. The molecule has 2 aromatic rings. The maximum absolute atomic E-state index is 12.4. The minimum atomic E-state index is 0.120. The van der Waals surface area contributed by atoms with E-state index in [4.69, 9.17) is 0 Å².